The van der Waals surface area contributed by atoms with E-state index in [4.69, 9.17) is 16.3 Å². The SMILES string of the molecule is Cc1cccc(Cl)c1NC(=O)Oc1c(NCc2ccccn2)cc[nH]c1=O. The van der Waals surface area contributed by atoms with Crippen molar-refractivity contribution in [1.82, 2.24) is 9.97 Å². The minimum absolute atomic E-state index is 0.143. The molecule has 3 rings (SSSR count). The minimum Gasteiger partial charge on any atom is -0.402 e. The molecule has 0 aliphatic heterocycles. The van der Waals surface area contributed by atoms with E-state index in [1.54, 1.807) is 37.4 Å². The van der Waals surface area contributed by atoms with E-state index in [2.05, 4.69) is 20.6 Å². The van der Waals surface area contributed by atoms with E-state index in [1.165, 1.54) is 6.20 Å². The molecule has 27 heavy (non-hydrogen) atoms. The Hall–Kier alpha value is -3.32. The van der Waals surface area contributed by atoms with Gasteiger partial charge in [0.05, 0.1) is 28.6 Å². The van der Waals surface area contributed by atoms with Gasteiger partial charge in [0, 0.05) is 12.4 Å². The zero-order valence-electron chi connectivity index (χ0n) is 14.5. The molecule has 0 radical (unpaired) electrons. The van der Waals surface area contributed by atoms with Crippen molar-refractivity contribution in [2.45, 2.75) is 13.5 Å². The number of amides is 1. The highest BCUT2D eigenvalue weighted by Gasteiger charge is 2.15. The lowest BCUT2D eigenvalue weighted by atomic mass is 10.2. The number of halogens is 1. The number of carbonyl (C=O) groups excluding carboxylic acids is 1. The molecule has 7 nitrogen and oxygen atoms in total. The summed E-state index contributed by atoms with van der Waals surface area (Å²) in [5, 5.41) is 6.00. The van der Waals surface area contributed by atoms with Gasteiger partial charge in [0.25, 0.3) is 5.56 Å². The van der Waals surface area contributed by atoms with E-state index < -0.39 is 11.7 Å². The Labute approximate surface area is 160 Å². The highest BCUT2D eigenvalue weighted by Crippen LogP contribution is 2.26. The normalized spacial score (nSPS) is 10.3. The van der Waals surface area contributed by atoms with Gasteiger partial charge in [-0.05, 0) is 36.8 Å². The highest BCUT2D eigenvalue weighted by molar-refractivity contribution is 6.33. The summed E-state index contributed by atoms with van der Waals surface area (Å²) in [4.78, 5) is 31.1. The molecule has 0 aliphatic rings. The molecule has 1 aromatic carbocycles. The lowest BCUT2D eigenvalue weighted by Crippen LogP contribution is -2.23. The summed E-state index contributed by atoms with van der Waals surface area (Å²) in [5.41, 5.74) is 1.82. The predicted octanol–water partition coefficient (Wildman–Crippen LogP) is 3.95. The quantitative estimate of drug-likeness (QED) is 0.618. The van der Waals surface area contributed by atoms with E-state index >= 15 is 0 Å². The van der Waals surface area contributed by atoms with Crippen LogP contribution in [0.2, 0.25) is 5.02 Å². The molecule has 8 heteroatoms. The average Bonchev–Trinajstić information content (AvgIpc) is 2.66. The van der Waals surface area contributed by atoms with Crippen LogP contribution in [0.15, 0.2) is 59.7 Å². The van der Waals surface area contributed by atoms with Gasteiger partial charge in [-0.2, -0.15) is 0 Å². The maximum absolute atomic E-state index is 12.3. The van der Waals surface area contributed by atoms with Crippen molar-refractivity contribution in [2.24, 2.45) is 0 Å². The zero-order valence-corrected chi connectivity index (χ0v) is 15.2. The van der Waals surface area contributed by atoms with Gasteiger partial charge in [0.1, 0.15) is 0 Å². The second kappa shape index (κ2) is 8.37. The third kappa shape index (κ3) is 4.65. The standard InChI is InChI=1S/C19H17ClN4O3/c1-12-5-4-7-14(20)16(12)24-19(26)27-17-15(8-10-22-18(17)25)23-11-13-6-2-3-9-21-13/h2-10H,11H2,1H3,(H,24,26)(H2,22,23,25). The number of aryl methyl sites for hydroxylation is 1. The second-order valence-electron chi connectivity index (χ2n) is 5.67. The first-order valence-electron chi connectivity index (χ1n) is 8.14. The Morgan fingerprint density at radius 1 is 1.22 bits per heavy atom. The van der Waals surface area contributed by atoms with Gasteiger partial charge in [0.15, 0.2) is 0 Å². The third-order valence-corrected chi connectivity index (χ3v) is 4.06. The van der Waals surface area contributed by atoms with E-state index in [1.807, 2.05) is 18.2 Å². The first-order valence-corrected chi connectivity index (χ1v) is 8.52. The topological polar surface area (TPSA) is 96.1 Å². The van der Waals surface area contributed by atoms with Gasteiger partial charge < -0.3 is 15.0 Å². The molecule has 2 heterocycles. The van der Waals surface area contributed by atoms with Crippen LogP contribution in [0.5, 0.6) is 5.75 Å². The van der Waals surface area contributed by atoms with Crippen molar-refractivity contribution in [1.29, 1.82) is 0 Å². The molecule has 3 N–H and O–H groups in total. The Bertz CT molecular complexity index is 985. The van der Waals surface area contributed by atoms with Crippen LogP contribution in [-0.4, -0.2) is 16.1 Å². The molecule has 2 aromatic heterocycles. The summed E-state index contributed by atoms with van der Waals surface area (Å²) in [6.07, 6.45) is 2.32. The van der Waals surface area contributed by atoms with Crippen molar-refractivity contribution < 1.29 is 9.53 Å². The van der Waals surface area contributed by atoms with Crippen LogP contribution in [0.3, 0.4) is 0 Å². The fraction of sp³-hybridized carbons (Fsp3) is 0.105. The van der Waals surface area contributed by atoms with Crippen LogP contribution < -0.4 is 20.9 Å². The molecule has 138 valence electrons. The number of nitrogens with one attached hydrogen (secondary N) is 3. The van der Waals surface area contributed by atoms with Crippen molar-refractivity contribution in [3.63, 3.8) is 0 Å². The number of rotatable bonds is 5. The molecule has 0 unspecified atom stereocenters. The fourth-order valence-electron chi connectivity index (χ4n) is 2.40. The summed E-state index contributed by atoms with van der Waals surface area (Å²) in [7, 11) is 0. The predicted molar refractivity (Wildman–Crippen MR) is 104 cm³/mol. The van der Waals surface area contributed by atoms with Gasteiger partial charge in [-0.25, -0.2) is 4.79 Å². The largest absolute Gasteiger partial charge is 0.417 e. The van der Waals surface area contributed by atoms with Crippen LogP contribution in [0.25, 0.3) is 0 Å². The summed E-state index contributed by atoms with van der Waals surface area (Å²) in [5.74, 6) is -0.143. The van der Waals surface area contributed by atoms with Crippen molar-refractivity contribution >= 4 is 29.1 Å². The monoisotopic (exact) mass is 384 g/mol. The van der Waals surface area contributed by atoms with Crippen molar-refractivity contribution in [3.8, 4) is 5.75 Å². The lowest BCUT2D eigenvalue weighted by molar-refractivity contribution is 0.214. The maximum Gasteiger partial charge on any atom is 0.417 e. The van der Waals surface area contributed by atoms with E-state index in [9.17, 15) is 9.59 Å². The number of hydrogen-bond acceptors (Lipinski definition) is 5. The van der Waals surface area contributed by atoms with Crippen LogP contribution in [0.4, 0.5) is 16.2 Å². The number of para-hydroxylation sites is 1. The number of pyridine rings is 2. The third-order valence-electron chi connectivity index (χ3n) is 3.75. The summed E-state index contributed by atoms with van der Waals surface area (Å²) in [6.45, 7) is 2.17. The molecule has 0 saturated carbocycles. The fourth-order valence-corrected chi connectivity index (χ4v) is 2.67. The highest BCUT2D eigenvalue weighted by atomic mass is 35.5. The molecule has 0 spiro atoms. The van der Waals surface area contributed by atoms with Gasteiger partial charge in [0.2, 0.25) is 5.75 Å². The Morgan fingerprint density at radius 2 is 2.07 bits per heavy atom. The summed E-state index contributed by atoms with van der Waals surface area (Å²) < 4.78 is 5.24. The number of aromatic nitrogens is 2. The van der Waals surface area contributed by atoms with Crippen molar-refractivity contribution in [3.05, 3.63) is 81.5 Å². The smallest absolute Gasteiger partial charge is 0.402 e. The minimum atomic E-state index is -0.816. The number of H-pyrrole nitrogens is 1. The molecule has 0 aliphatic carbocycles. The summed E-state index contributed by atoms with van der Waals surface area (Å²) in [6, 6.07) is 12.3. The number of carbonyl (C=O) groups is 1. The van der Waals surface area contributed by atoms with E-state index in [0.29, 0.717) is 22.9 Å². The molecule has 0 saturated heterocycles. The number of anilines is 2. The van der Waals surface area contributed by atoms with Gasteiger partial charge >= 0.3 is 6.09 Å². The number of nitrogens with zero attached hydrogens (tertiary/aromatic N) is 1. The van der Waals surface area contributed by atoms with Crippen molar-refractivity contribution in [2.75, 3.05) is 10.6 Å². The Balaban J connectivity index is 1.76. The summed E-state index contributed by atoms with van der Waals surface area (Å²) >= 11 is 6.10. The average molecular weight is 385 g/mol. The Morgan fingerprint density at radius 3 is 2.81 bits per heavy atom. The van der Waals surface area contributed by atoms with Gasteiger partial charge in [-0.15, -0.1) is 0 Å². The van der Waals surface area contributed by atoms with E-state index in [-0.39, 0.29) is 5.75 Å². The first kappa shape index (κ1) is 18.5. The van der Waals surface area contributed by atoms with Crippen LogP contribution in [0.1, 0.15) is 11.3 Å². The van der Waals surface area contributed by atoms with Crippen LogP contribution in [0, 0.1) is 6.92 Å². The molecular weight excluding hydrogens is 368 g/mol. The first-order chi connectivity index (χ1) is 13.0. The molecular formula is C19H17ClN4O3. The Kier molecular flexibility index (Phi) is 5.73. The van der Waals surface area contributed by atoms with Crippen LogP contribution in [-0.2, 0) is 6.54 Å². The lowest BCUT2D eigenvalue weighted by Gasteiger charge is -2.13. The number of hydrogen-bond donors (Lipinski definition) is 3. The number of ether oxygens (including phenoxy) is 1. The second-order valence-corrected chi connectivity index (χ2v) is 6.08. The van der Waals surface area contributed by atoms with Gasteiger partial charge in [-0.3, -0.25) is 15.1 Å². The molecule has 0 bridgehead atoms. The zero-order chi connectivity index (χ0) is 19.2. The maximum atomic E-state index is 12.3. The molecule has 0 atom stereocenters. The van der Waals surface area contributed by atoms with Gasteiger partial charge in [-0.1, -0.05) is 29.8 Å². The number of benzene rings is 1. The molecule has 1 amide bonds. The molecule has 0 fully saturated rings. The number of aromatic amines is 1. The van der Waals surface area contributed by atoms with E-state index in [0.717, 1.165) is 11.3 Å². The molecule has 3 aromatic rings. The van der Waals surface area contributed by atoms with Crippen LogP contribution >= 0.6 is 11.6 Å².